The molecule has 2 rings (SSSR count). The first kappa shape index (κ1) is 19.7. The molecular weight excluding hydrogens is 451 g/mol. The molecule has 0 nitrogen and oxygen atoms in total. The van der Waals surface area contributed by atoms with Crippen molar-refractivity contribution < 1.29 is 40.5 Å². The molecule has 3 heteroatoms. The Morgan fingerprint density at radius 3 is 1.43 bits per heavy atom. The van der Waals surface area contributed by atoms with E-state index in [4.69, 9.17) is 0 Å². The Morgan fingerprint density at radius 1 is 0.696 bits per heavy atom. The van der Waals surface area contributed by atoms with Crippen LogP contribution in [0, 0.1) is 13.8 Å². The fraction of sp³-hybridized carbons (Fsp3) is 0.400. The van der Waals surface area contributed by atoms with E-state index in [1.165, 1.54) is 11.1 Å². The third-order valence-corrected chi connectivity index (χ3v) is 41.3. The van der Waals surface area contributed by atoms with Crippen molar-refractivity contribution in [2.75, 3.05) is 0 Å². The van der Waals surface area contributed by atoms with E-state index in [0.29, 0.717) is 0 Å². The van der Waals surface area contributed by atoms with Crippen LogP contribution in [0.4, 0.5) is 0 Å². The Bertz CT molecular complexity index is 605. The van der Waals surface area contributed by atoms with E-state index in [9.17, 15) is 0 Å². The van der Waals surface area contributed by atoms with Crippen molar-refractivity contribution in [2.24, 2.45) is 0 Å². The number of hydrogen-bond donors (Lipinski definition) is 0. The summed E-state index contributed by atoms with van der Waals surface area (Å²) in [6, 6.07) is 18.8. The van der Waals surface area contributed by atoms with Gasteiger partial charge in [0.15, 0.2) is 0 Å². The van der Waals surface area contributed by atoms with Gasteiger partial charge in [0.2, 0.25) is 0 Å². The molecular formula is C20H32SiZr2. The predicted octanol–water partition coefficient (Wildman–Crippen LogP) is 4.67. The molecule has 0 saturated heterocycles. The number of rotatable bonds is 6. The Morgan fingerprint density at radius 2 is 1.09 bits per heavy atom. The van der Waals surface area contributed by atoms with E-state index < -0.39 is 40.5 Å². The van der Waals surface area contributed by atoms with Crippen molar-refractivity contribution in [1.82, 2.24) is 0 Å². The van der Waals surface area contributed by atoms with Gasteiger partial charge in [0.1, 0.15) is 0 Å². The zero-order valence-electron chi connectivity index (χ0n) is 15.7. The summed E-state index contributed by atoms with van der Waals surface area (Å²) in [6.07, 6.45) is 0. The van der Waals surface area contributed by atoms with Gasteiger partial charge in [-0.05, 0) is 0 Å². The average Bonchev–Trinajstić information content (AvgIpc) is 2.47. The molecule has 0 bridgehead atoms. The molecule has 0 radical (unpaired) electrons. The molecule has 0 unspecified atom stereocenters. The molecule has 0 amide bonds. The van der Waals surface area contributed by atoms with Gasteiger partial charge in [0.05, 0.1) is 0 Å². The first-order chi connectivity index (χ1) is 10.7. The van der Waals surface area contributed by atoms with Gasteiger partial charge >= 0.3 is 156 Å². The van der Waals surface area contributed by atoms with Gasteiger partial charge < -0.3 is 0 Å². The molecule has 0 atom stereocenters. The number of benzene rings is 2. The first-order valence-corrected chi connectivity index (χ1v) is 26.6. The Hall–Kier alpha value is 0.423. The van der Waals surface area contributed by atoms with Crippen LogP contribution < -0.4 is 6.54 Å². The Balaban J connectivity index is 2.00. The Labute approximate surface area is 154 Å². The summed E-state index contributed by atoms with van der Waals surface area (Å²) >= 11 is -4.06. The second-order valence-corrected chi connectivity index (χ2v) is 38.8. The minimum atomic E-state index is -2.03. The van der Waals surface area contributed by atoms with Crippen molar-refractivity contribution >= 4 is 16.1 Å². The van der Waals surface area contributed by atoms with Crippen molar-refractivity contribution in [3.05, 3.63) is 59.7 Å². The molecule has 2 aromatic rings. The normalized spacial score (nSPS) is 12.4. The van der Waals surface area contributed by atoms with Crippen molar-refractivity contribution in [1.29, 1.82) is 0 Å². The van der Waals surface area contributed by atoms with Gasteiger partial charge in [0.25, 0.3) is 0 Å². The van der Waals surface area contributed by atoms with E-state index in [-0.39, 0.29) is 9.52 Å². The molecule has 124 valence electrons. The Kier molecular flexibility index (Phi) is 7.04. The SMILES string of the molecule is Cc1ccc[c]([Zr]([CH3])([CH3])[CH2][SiH2][CH2][Zr]([CH3])([CH3])[c]2cccc(C)c2)c1. The fourth-order valence-corrected chi connectivity index (χ4v) is 38.0. The van der Waals surface area contributed by atoms with Crippen LogP contribution in [0.25, 0.3) is 0 Å². The van der Waals surface area contributed by atoms with Crippen LogP contribution in [0.2, 0.25) is 26.0 Å². The van der Waals surface area contributed by atoms with Crippen LogP contribution in [-0.2, 0) is 40.5 Å². The molecule has 0 spiro atoms. The van der Waals surface area contributed by atoms with Gasteiger partial charge in [-0.2, -0.15) is 0 Å². The van der Waals surface area contributed by atoms with Gasteiger partial charge in [-0.25, -0.2) is 0 Å². The van der Waals surface area contributed by atoms with Crippen LogP contribution in [0.3, 0.4) is 0 Å². The molecule has 0 N–H and O–H groups in total. The molecule has 0 fully saturated rings. The summed E-state index contributed by atoms with van der Waals surface area (Å²) in [5, 5.41) is 0. The van der Waals surface area contributed by atoms with Gasteiger partial charge in [-0.3, -0.25) is 0 Å². The quantitative estimate of drug-likeness (QED) is 0.525. The summed E-state index contributed by atoms with van der Waals surface area (Å²) < 4.78 is 17.3. The molecule has 0 aromatic heterocycles. The van der Waals surface area contributed by atoms with Crippen molar-refractivity contribution in [3.63, 3.8) is 0 Å². The molecule has 0 aliphatic carbocycles. The topological polar surface area (TPSA) is 0 Å². The monoisotopic (exact) mass is 480 g/mol. The standard InChI is InChI=1S/2C7H7.C2H6Si.4CH3.2Zr/c2*1-7-5-3-2-4-6-7;1-3-2;;;;;;/h2*2-3,5-6H,1H3;1-3H2;4*1H3;;. The summed E-state index contributed by atoms with van der Waals surface area (Å²) in [5.41, 5.74) is 2.88. The fourth-order valence-electron chi connectivity index (χ4n) is 3.39. The van der Waals surface area contributed by atoms with Crippen LogP contribution in [0.1, 0.15) is 11.1 Å². The summed E-state index contributed by atoms with van der Waals surface area (Å²) in [7, 11) is 0.0774. The second-order valence-electron chi connectivity index (χ2n) is 8.36. The number of hydrogen-bond acceptors (Lipinski definition) is 0. The molecule has 2 aromatic carbocycles. The summed E-state index contributed by atoms with van der Waals surface area (Å²) in [5.74, 6) is 0. The predicted molar refractivity (Wildman–Crippen MR) is 103 cm³/mol. The average molecular weight is 483 g/mol. The van der Waals surface area contributed by atoms with E-state index >= 15 is 0 Å². The molecule has 0 aliphatic heterocycles. The van der Waals surface area contributed by atoms with E-state index in [1.807, 2.05) is 0 Å². The van der Waals surface area contributed by atoms with E-state index in [2.05, 4.69) is 80.9 Å². The van der Waals surface area contributed by atoms with Crippen LogP contribution >= 0.6 is 0 Å². The third-order valence-electron chi connectivity index (χ3n) is 5.20. The van der Waals surface area contributed by atoms with E-state index in [0.717, 1.165) is 0 Å². The van der Waals surface area contributed by atoms with Crippen molar-refractivity contribution in [3.8, 4) is 0 Å². The molecule has 0 saturated carbocycles. The van der Waals surface area contributed by atoms with Gasteiger partial charge in [-0.1, -0.05) is 0 Å². The third kappa shape index (κ3) is 5.72. The first-order valence-electron chi connectivity index (χ1n) is 8.85. The second kappa shape index (κ2) is 8.20. The van der Waals surface area contributed by atoms with Gasteiger partial charge in [-0.15, -0.1) is 0 Å². The minimum absolute atomic E-state index is 0.0774. The molecule has 0 heterocycles. The van der Waals surface area contributed by atoms with Crippen LogP contribution in [-0.4, -0.2) is 9.52 Å². The van der Waals surface area contributed by atoms with E-state index in [1.54, 1.807) is 14.0 Å². The maximum absolute atomic E-state index is 2.64. The molecule has 0 aliphatic rings. The molecule has 23 heavy (non-hydrogen) atoms. The zero-order chi connectivity index (χ0) is 17.1. The maximum atomic E-state index is 2.64. The summed E-state index contributed by atoms with van der Waals surface area (Å²) in [4.78, 5) is 0. The van der Waals surface area contributed by atoms with Gasteiger partial charge in [0, 0.05) is 0 Å². The van der Waals surface area contributed by atoms with Crippen LogP contribution in [0.5, 0.6) is 0 Å². The van der Waals surface area contributed by atoms with Crippen molar-refractivity contribution in [2.45, 2.75) is 39.9 Å². The number of aryl methyl sites for hydroxylation is 2. The van der Waals surface area contributed by atoms with Crippen LogP contribution in [0.15, 0.2) is 48.5 Å². The zero-order valence-corrected chi connectivity index (χ0v) is 22.1. The summed E-state index contributed by atoms with van der Waals surface area (Å²) in [6.45, 7) is 4.47.